The first-order valence-electron chi connectivity index (χ1n) is 7.21. The van der Waals surface area contributed by atoms with E-state index < -0.39 is 0 Å². The van der Waals surface area contributed by atoms with Crippen LogP contribution in [-0.2, 0) is 0 Å². The van der Waals surface area contributed by atoms with E-state index in [2.05, 4.69) is 42.1 Å². The van der Waals surface area contributed by atoms with Gasteiger partial charge in [0.25, 0.3) is 5.95 Å². The van der Waals surface area contributed by atoms with E-state index in [0.29, 0.717) is 17.8 Å². The highest BCUT2D eigenvalue weighted by molar-refractivity contribution is 5.40. The molecule has 0 amide bonds. The maximum atomic E-state index is 4.54. The average molecular weight is 288 g/mol. The second kappa shape index (κ2) is 6.04. The third-order valence-corrected chi connectivity index (χ3v) is 3.65. The Morgan fingerprint density at radius 2 is 1.86 bits per heavy atom. The summed E-state index contributed by atoms with van der Waals surface area (Å²) >= 11 is 0. The number of hydrogen-bond acceptors (Lipinski definition) is 7. The first-order valence-corrected chi connectivity index (χ1v) is 7.21. The van der Waals surface area contributed by atoms with Crippen LogP contribution in [0.25, 0.3) is 5.95 Å². The second-order valence-electron chi connectivity index (χ2n) is 4.88. The molecule has 0 aromatic carbocycles. The molecule has 0 atom stereocenters. The van der Waals surface area contributed by atoms with Crippen LogP contribution in [0, 0.1) is 0 Å². The van der Waals surface area contributed by atoms with E-state index in [1.54, 1.807) is 17.9 Å². The summed E-state index contributed by atoms with van der Waals surface area (Å²) in [7, 11) is 1.81. The molecule has 1 saturated heterocycles. The van der Waals surface area contributed by atoms with Crippen LogP contribution in [0.4, 0.5) is 11.9 Å². The number of anilines is 2. The zero-order valence-electron chi connectivity index (χ0n) is 12.4. The molecule has 3 heterocycles. The predicted molar refractivity (Wildman–Crippen MR) is 80.8 cm³/mol. The fourth-order valence-corrected chi connectivity index (χ4v) is 2.36. The van der Waals surface area contributed by atoms with E-state index in [1.807, 2.05) is 12.3 Å². The van der Waals surface area contributed by atoms with Crippen LogP contribution in [0.15, 0.2) is 18.5 Å². The average Bonchev–Trinajstić information content (AvgIpc) is 3.09. The number of hydrogen-bond donors (Lipinski definition) is 1. The van der Waals surface area contributed by atoms with Crippen LogP contribution >= 0.6 is 0 Å². The zero-order valence-corrected chi connectivity index (χ0v) is 12.4. The minimum atomic E-state index is 0.535. The number of likely N-dealkylation sites (N-methyl/N-ethyl adjacent to an activating group) is 1. The third-order valence-electron chi connectivity index (χ3n) is 3.65. The molecular formula is C13H20N8. The van der Waals surface area contributed by atoms with Crippen LogP contribution in [0.1, 0.15) is 6.92 Å². The molecule has 1 N–H and O–H groups in total. The first kappa shape index (κ1) is 13.7. The summed E-state index contributed by atoms with van der Waals surface area (Å²) in [6.07, 6.45) is 3.54. The Kier molecular flexibility index (Phi) is 3.96. The Bertz CT molecular complexity index is 574. The van der Waals surface area contributed by atoms with Gasteiger partial charge in [-0.25, -0.2) is 4.68 Å². The molecule has 0 aliphatic carbocycles. The quantitative estimate of drug-likeness (QED) is 0.863. The molecule has 8 heteroatoms. The lowest BCUT2D eigenvalue weighted by Gasteiger charge is -2.34. The Labute approximate surface area is 123 Å². The molecule has 0 spiro atoms. The van der Waals surface area contributed by atoms with Crippen molar-refractivity contribution in [2.45, 2.75) is 6.92 Å². The summed E-state index contributed by atoms with van der Waals surface area (Å²) < 4.78 is 1.65. The van der Waals surface area contributed by atoms with Gasteiger partial charge < -0.3 is 15.1 Å². The number of piperazine rings is 1. The normalized spacial score (nSPS) is 16.2. The van der Waals surface area contributed by atoms with Crippen molar-refractivity contribution in [2.75, 3.05) is 50.0 Å². The molecule has 8 nitrogen and oxygen atoms in total. The van der Waals surface area contributed by atoms with Gasteiger partial charge in [0.15, 0.2) is 0 Å². The number of nitrogens with one attached hydrogen (secondary N) is 1. The van der Waals surface area contributed by atoms with Gasteiger partial charge in [0.05, 0.1) is 0 Å². The zero-order chi connectivity index (χ0) is 14.7. The molecule has 2 aromatic rings. The Morgan fingerprint density at radius 3 is 2.48 bits per heavy atom. The lowest BCUT2D eigenvalue weighted by molar-refractivity contribution is 0.270. The monoisotopic (exact) mass is 288 g/mol. The number of nitrogens with zero attached hydrogens (tertiary/aromatic N) is 7. The van der Waals surface area contributed by atoms with E-state index in [0.717, 1.165) is 32.7 Å². The van der Waals surface area contributed by atoms with Crippen LogP contribution < -0.4 is 10.2 Å². The number of rotatable bonds is 4. The predicted octanol–water partition coefficient (Wildman–Crippen LogP) is 0.241. The molecule has 2 aromatic heterocycles. The van der Waals surface area contributed by atoms with Gasteiger partial charge in [0, 0.05) is 45.6 Å². The summed E-state index contributed by atoms with van der Waals surface area (Å²) in [4.78, 5) is 18.0. The van der Waals surface area contributed by atoms with Gasteiger partial charge in [-0.3, -0.25) is 0 Å². The summed E-state index contributed by atoms with van der Waals surface area (Å²) in [5, 5.41) is 7.17. The fourth-order valence-electron chi connectivity index (χ4n) is 2.36. The minimum absolute atomic E-state index is 0.535. The second-order valence-corrected chi connectivity index (χ2v) is 4.88. The summed E-state index contributed by atoms with van der Waals surface area (Å²) in [6.45, 7) is 7.21. The Balaban J connectivity index is 1.86. The molecule has 0 radical (unpaired) electrons. The van der Waals surface area contributed by atoms with Crippen molar-refractivity contribution in [3.05, 3.63) is 18.5 Å². The van der Waals surface area contributed by atoms with E-state index in [4.69, 9.17) is 0 Å². The highest BCUT2D eigenvalue weighted by Gasteiger charge is 2.19. The SMILES string of the molecule is CCN1CCN(c2nc(NC)nc(-n3cccn3)n2)CC1. The number of aromatic nitrogens is 5. The molecular weight excluding hydrogens is 268 g/mol. The molecule has 0 unspecified atom stereocenters. The van der Waals surface area contributed by atoms with Crippen molar-refractivity contribution in [1.82, 2.24) is 29.6 Å². The third kappa shape index (κ3) is 2.94. The molecule has 0 bridgehead atoms. The van der Waals surface area contributed by atoms with Crippen LogP contribution in [0.5, 0.6) is 0 Å². The molecule has 1 aliphatic heterocycles. The Morgan fingerprint density at radius 1 is 1.10 bits per heavy atom. The van der Waals surface area contributed by atoms with Crippen LogP contribution in [0.2, 0.25) is 0 Å². The molecule has 1 fully saturated rings. The van der Waals surface area contributed by atoms with Crippen molar-refractivity contribution >= 4 is 11.9 Å². The molecule has 3 rings (SSSR count). The van der Waals surface area contributed by atoms with E-state index in [9.17, 15) is 0 Å². The highest BCUT2D eigenvalue weighted by atomic mass is 15.4. The highest BCUT2D eigenvalue weighted by Crippen LogP contribution is 2.14. The van der Waals surface area contributed by atoms with Gasteiger partial charge in [-0.15, -0.1) is 0 Å². The smallest absolute Gasteiger partial charge is 0.257 e. The summed E-state index contributed by atoms with van der Waals surface area (Å²) in [5.41, 5.74) is 0. The van der Waals surface area contributed by atoms with Gasteiger partial charge in [0.2, 0.25) is 11.9 Å². The maximum Gasteiger partial charge on any atom is 0.257 e. The standard InChI is InChI=1S/C13H20N8/c1-3-19-7-9-20(10-8-19)12-16-11(14-2)17-13(18-12)21-6-4-5-15-21/h4-6H,3,7-10H2,1-2H3,(H,14,16,17,18). The van der Waals surface area contributed by atoms with Crippen molar-refractivity contribution in [1.29, 1.82) is 0 Å². The summed E-state index contributed by atoms with van der Waals surface area (Å²) in [6, 6.07) is 1.85. The van der Waals surface area contributed by atoms with Gasteiger partial charge in [-0.2, -0.15) is 20.1 Å². The Hall–Kier alpha value is -2.22. The van der Waals surface area contributed by atoms with Crippen molar-refractivity contribution < 1.29 is 0 Å². The van der Waals surface area contributed by atoms with Gasteiger partial charge in [-0.1, -0.05) is 6.92 Å². The van der Waals surface area contributed by atoms with Crippen molar-refractivity contribution in [3.63, 3.8) is 0 Å². The molecule has 112 valence electrons. The van der Waals surface area contributed by atoms with Crippen LogP contribution in [0.3, 0.4) is 0 Å². The van der Waals surface area contributed by atoms with Gasteiger partial charge in [0.1, 0.15) is 0 Å². The molecule has 1 aliphatic rings. The fraction of sp³-hybridized carbons (Fsp3) is 0.538. The van der Waals surface area contributed by atoms with Crippen molar-refractivity contribution in [2.24, 2.45) is 0 Å². The van der Waals surface area contributed by atoms with Gasteiger partial charge in [-0.05, 0) is 12.6 Å². The molecule has 0 saturated carbocycles. The first-order chi connectivity index (χ1) is 10.3. The lowest BCUT2D eigenvalue weighted by Crippen LogP contribution is -2.46. The van der Waals surface area contributed by atoms with Gasteiger partial charge >= 0.3 is 0 Å². The minimum Gasteiger partial charge on any atom is -0.357 e. The lowest BCUT2D eigenvalue weighted by atomic mass is 10.3. The van der Waals surface area contributed by atoms with E-state index >= 15 is 0 Å². The topological polar surface area (TPSA) is 75.0 Å². The van der Waals surface area contributed by atoms with E-state index in [1.165, 1.54) is 0 Å². The van der Waals surface area contributed by atoms with Crippen molar-refractivity contribution in [3.8, 4) is 5.95 Å². The summed E-state index contributed by atoms with van der Waals surface area (Å²) in [5.74, 6) is 1.80. The maximum absolute atomic E-state index is 4.54. The molecule has 21 heavy (non-hydrogen) atoms. The largest absolute Gasteiger partial charge is 0.357 e. The van der Waals surface area contributed by atoms with Crippen LogP contribution in [-0.4, -0.2) is 69.4 Å². The van der Waals surface area contributed by atoms with E-state index in [-0.39, 0.29) is 0 Å².